The molecule has 0 spiro atoms. The van der Waals surface area contributed by atoms with E-state index in [4.69, 9.17) is 14.6 Å². The minimum atomic E-state index is 0.0510. The zero-order valence-electron chi connectivity index (χ0n) is 8.65. The van der Waals surface area contributed by atoms with E-state index in [1.54, 1.807) is 0 Å². The molecule has 1 saturated carbocycles. The van der Waals surface area contributed by atoms with Crippen molar-refractivity contribution in [2.75, 3.05) is 19.8 Å². The lowest BCUT2D eigenvalue weighted by atomic mass is 10.2. The maximum Gasteiger partial charge on any atom is 0.157 e. The van der Waals surface area contributed by atoms with Crippen molar-refractivity contribution in [1.82, 2.24) is 0 Å². The van der Waals surface area contributed by atoms with E-state index < -0.39 is 0 Å². The highest BCUT2D eigenvalue weighted by Gasteiger charge is 2.35. The summed E-state index contributed by atoms with van der Waals surface area (Å²) in [6.45, 7) is 2.00. The molecule has 0 bridgehead atoms. The summed E-state index contributed by atoms with van der Waals surface area (Å²) in [5.41, 5.74) is 0. The van der Waals surface area contributed by atoms with Crippen LogP contribution in [0, 0.1) is 11.8 Å². The summed E-state index contributed by atoms with van der Waals surface area (Å²) in [6.07, 6.45) is 5.78. The fourth-order valence-corrected chi connectivity index (χ4v) is 2.08. The molecule has 82 valence electrons. The average molecular weight is 200 g/mol. The monoisotopic (exact) mass is 200 g/mol. The Bertz CT molecular complexity index is 166. The number of hydrogen-bond acceptors (Lipinski definition) is 3. The Labute approximate surface area is 85.4 Å². The van der Waals surface area contributed by atoms with Gasteiger partial charge >= 0.3 is 0 Å². The van der Waals surface area contributed by atoms with Crippen LogP contribution in [-0.4, -0.2) is 31.2 Å². The summed E-state index contributed by atoms with van der Waals surface area (Å²) < 4.78 is 11.1. The molecule has 1 aliphatic heterocycles. The van der Waals surface area contributed by atoms with Gasteiger partial charge in [-0.15, -0.1) is 0 Å². The summed E-state index contributed by atoms with van der Waals surface area (Å²) in [7, 11) is 0. The van der Waals surface area contributed by atoms with E-state index in [9.17, 15) is 0 Å². The summed E-state index contributed by atoms with van der Waals surface area (Å²) in [4.78, 5) is 0. The predicted molar refractivity (Wildman–Crippen MR) is 52.8 cm³/mol. The Balaban J connectivity index is 1.50. The van der Waals surface area contributed by atoms with Crippen LogP contribution in [0.4, 0.5) is 0 Å². The van der Waals surface area contributed by atoms with Crippen LogP contribution < -0.4 is 0 Å². The number of aliphatic hydroxyl groups is 1. The van der Waals surface area contributed by atoms with Crippen molar-refractivity contribution in [3.8, 4) is 0 Å². The lowest BCUT2D eigenvalue weighted by Gasteiger charge is -2.22. The number of aliphatic hydroxyl groups excluding tert-OH is 1. The quantitative estimate of drug-likeness (QED) is 0.731. The zero-order valence-corrected chi connectivity index (χ0v) is 8.65. The fourth-order valence-electron chi connectivity index (χ4n) is 2.08. The van der Waals surface area contributed by atoms with Crippen molar-refractivity contribution >= 4 is 0 Å². The molecule has 3 heteroatoms. The van der Waals surface area contributed by atoms with E-state index in [-0.39, 0.29) is 6.29 Å². The Hall–Kier alpha value is -0.120. The van der Waals surface area contributed by atoms with Gasteiger partial charge in [0.2, 0.25) is 0 Å². The van der Waals surface area contributed by atoms with Crippen LogP contribution in [0.1, 0.15) is 32.1 Å². The van der Waals surface area contributed by atoms with Crippen molar-refractivity contribution < 1.29 is 14.6 Å². The Kier molecular flexibility index (Phi) is 3.79. The zero-order chi connectivity index (χ0) is 9.80. The normalized spacial score (nSPS) is 37.1. The molecule has 2 rings (SSSR count). The van der Waals surface area contributed by atoms with Crippen molar-refractivity contribution in [3.63, 3.8) is 0 Å². The second-order valence-corrected chi connectivity index (χ2v) is 4.39. The molecule has 1 N–H and O–H groups in total. The van der Waals surface area contributed by atoms with Crippen LogP contribution in [0.3, 0.4) is 0 Å². The third-order valence-corrected chi connectivity index (χ3v) is 3.23. The van der Waals surface area contributed by atoms with E-state index in [1.165, 1.54) is 19.3 Å². The SMILES string of the molecule is OC[C@@H]1C[C@@H]1CCOC1CCCCO1. The molecule has 1 heterocycles. The molecule has 1 unspecified atom stereocenters. The van der Waals surface area contributed by atoms with Gasteiger partial charge in [0.25, 0.3) is 0 Å². The van der Waals surface area contributed by atoms with E-state index in [0.717, 1.165) is 26.1 Å². The molecule has 0 radical (unpaired) electrons. The molecule has 3 atom stereocenters. The topological polar surface area (TPSA) is 38.7 Å². The molecule has 0 aromatic rings. The molecular weight excluding hydrogens is 180 g/mol. The second-order valence-electron chi connectivity index (χ2n) is 4.39. The maximum atomic E-state index is 8.86. The van der Waals surface area contributed by atoms with Crippen molar-refractivity contribution in [2.24, 2.45) is 11.8 Å². The first kappa shape index (κ1) is 10.4. The standard InChI is InChI=1S/C11H20O3/c12-8-10-7-9(10)4-6-14-11-3-1-2-5-13-11/h9-12H,1-8H2/t9-,10-,11?/m0/s1. The van der Waals surface area contributed by atoms with E-state index in [2.05, 4.69) is 0 Å². The highest BCUT2D eigenvalue weighted by atomic mass is 16.7. The third kappa shape index (κ3) is 2.94. The summed E-state index contributed by atoms with van der Waals surface area (Å²) in [5, 5.41) is 8.86. The molecule has 0 amide bonds. The van der Waals surface area contributed by atoms with Crippen molar-refractivity contribution in [3.05, 3.63) is 0 Å². The van der Waals surface area contributed by atoms with Gasteiger partial charge in [0.1, 0.15) is 0 Å². The first-order valence-corrected chi connectivity index (χ1v) is 5.74. The van der Waals surface area contributed by atoms with Gasteiger partial charge in [-0.25, -0.2) is 0 Å². The fraction of sp³-hybridized carbons (Fsp3) is 1.00. The Morgan fingerprint density at radius 1 is 1.29 bits per heavy atom. The lowest BCUT2D eigenvalue weighted by molar-refractivity contribution is -0.163. The molecular formula is C11H20O3. The second kappa shape index (κ2) is 5.10. The molecule has 1 saturated heterocycles. The van der Waals surface area contributed by atoms with E-state index in [1.807, 2.05) is 0 Å². The number of ether oxygens (including phenoxy) is 2. The Morgan fingerprint density at radius 2 is 2.21 bits per heavy atom. The summed E-state index contributed by atoms with van der Waals surface area (Å²) in [6, 6.07) is 0. The molecule has 14 heavy (non-hydrogen) atoms. The lowest BCUT2D eigenvalue weighted by Crippen LogP contribution is -2.22. The van der Waals surface area contributed by atoms with Gasteiger partial charge in [0.15, 0.2) is 6.29 Å². The summed E-state index contributed by atoms with van der Waals surface area (Å²) in [5.74, 6) is 1.27. The number of rotatable bonds is 5. The third-order valence-electron chi connectivity index (χ3n) is 3.23. The highest BCUT2D eigenvalue weighted by molar-refractivity contribution is 4.85. The average Bonchev–Trinajstić information content (AvgIpc) is 2.98. The van der Waals surface area contributed by atoms with Crippen LogP contribution in [0.15, 0.2) is 0 Å². The van der Waals surface area contributed by atoms with Crippen LogP contribution in [0.25, 0.3) is 0 Å². The molecule has 2 fully saturated rings. The molecule has 0 aromatic heterocycles. The van der Waals surface area contributed by atoms with Gasteiger partial charge in [-0.3, -0.25) is 0 Å². The van der Waals surface area contributed by atoms with Crippen LogP contribution in [0.5, 0.6) is 0 Å². The van der Waals surface area contributed by atoms with Crippen molar-refractivity contribution in [2.45, 2.75) is 38.4 Å². The van der Waals surface area contributed by atoms with Crippen LogP contribution in [0.2, 0.25) is 0 Å². The largest absolute Gasteiger partial charge is 0.396 e. The predicted octanol–water partition coefficient (Wildman–Crippen LogP) is 1.55. The highest BCUT2D eigenvalue weighted by Crippen LogP contribution is 2.40. The van der Waals surface area contributed by atoms with E-state index >= 15 is 0 Å². The smallest absolute Gasteiger partial charge is 0.157 e. The van der Waals surface area contributed by atoms with Gasteiger partial charge in [-0.05, 0) is 43.9 Å². The van der Waals surface area contributed by atoms with Gasteiger partial charge in [0.05, 0.1) is 6.61 Å². The first-order chi connectivity index (χ1) is 6.90. The maximum absolute atomic E-state index is 8.86. The van der Waals surface area contributed by atoms with Crippen molar-refractivity contribution in [1.29, 1.82) is 0 Å². The van der Waals surface area contributed by atoms with Crippen LogP contribution in [-0.2, 0) is 9.47 Å². The first-order valence-electron chi connectivity index (χ1n) is 5.74. The van der Waals surface area contributed by atoms with E-state index in [0.29, 0.717) is 18.4 Å². The molecule has 3 nitrogen and oxygen atoms in total. The van der Waals surface area contributed by atoms with Gasteiger partial charge in [0, 0.05) is 13.2 Å². The molecule has 0 aromatic carbocycles. The molecule has 2 aliphatic rings. The van der Waals surface area contributed by atoms with Gasteiger partial charge in [-0.1, -0.05) is 0 Å². The number of hydrogen-bond donors (Lipinski definition) is 1. The minimum Gasteiger partial charge on any atom is -0.396 e. The van der Waals surface area contributed by atoms with Gasteiger partial charge < -0.3 is 14.6 Å². The molecule has 1 aliphatic carbocycles. The minimum absolute atomic E-state index is 0.0510. The Morgan fingerprint density at radius 3 is 2.86 bits per heavy atom. The van der Waals surface area contributed by atoms with Crippen LogP contribution >= 0.6 is 0 Å². The van der Waals surface area contributed by atoms with Gasteiger partial charge in [-0.2, -0.15) is 0 Å². The summed E-state index contributed by atoms with van der Waals surface area (Å²) >= 11 is 0.